The molecule has 1 N–H and O–H groups in total. The van der Waals surface area contributed by atoms with Crippen molar-refractivity contribution in [2.75, 3.05) is 31.6 Å². The Hall–Kier alpha value is -0.740. The third-order valence-corrected chi connectivity index (χ3v) is 3.60. The minimum Gasteiger partial charge on any atom is -0.497 e. The van der Waals surface area contributed by atoms with E-state index in [-0.39, 0.29) is 0 Å². The zero-order valence-corrected chi connectivity index (χ0v) is 12.0. The average Bonchev–Trinajstić information content (AvgIpc) is 2.77. The highest BCUT2D eigenvalue weighted by molar-refractivity contribution is 9.10. The van der Waals surface area contributed by atoms with Crippen LogP contribution in [0.3, 0.4) is 0 Å². The maximum absolute atomic E-state index is 5.30. The lowest BCUT2D eigenvalue weighted by atomic mass is 10.2. The van der Waals surface area contributed by atoms with Gasteiger partial charge >= 0.3 is 0 Å². The Morgan fingerprint density at radius 1 is 1.47 bits per heavy atom. The van der Waals surface area contributed by atoms with E-state index in [4.69, 9.17) is 4.74 Å². The number of hydrogen-bond donors (Lipinski definition) is 1. The minimum absolute atomic E-state index is 0.616. The summed E-state index contributed by atoms with van der Waals surface area (Å²) in [4.78, 5) is 2.40. The van der Waals surface area contributed by atoms with E-state index in [0.29, 0.717) is 6.04 Å². The summed E-state index contributed by atoms with van der Waals surface area (Å²) >= 11 is 3.52. The van der Waals surface area contributed by atoms with Gasteiger partial charge in [0, 0.05) is 35.4 Å². The molecule has 0 aliphatic carbocycles. The smallest absolute Gasteiger partial charge is 0.122 e. The molecule has 0 amide bonds. The van der Waals surface area contributed by atoms with Gasteiger partial charge in [-0.15, -0.1) is 0 Å². The third-order valence-electron chi connectivity index (χ3n) is 3.14. The van der Waals surface area contributed by atoms with Crippen molar-refractivity contribution >= 4 is 21.6 Å². The van der Waals surface area contributed by atoms with Crippen LogP contribution in [0.2, 0.25) is 0 Å². The van der Waals surface area contributed by atoms with Crippen LogP contribution in [0.25, 0.3) is 0 Å². The van der Waals surface area contributed by atoms with Crippen LogP contribution in [-0.2, 0) is 0 Å². The molecule has 0 radical (unpaired) electrons. The molecule has 1 unspecified atom stereocenters. The topological polar surface area (TPSA) is 24.5 Å². The Kier molecular flexibility index (Phi) is 4.29. The van der Waals surface area contributed by atoms with Crippen LogP contribution in [0, 0.1) is 0 Å². The van der Waals surface area contributed by atoms with E-state index in [1.54, 1.807) is 7.11 Å². The van der Waals surface area contributed by atoms with Crippen LogP contribution >= 0.6 is 15.9 Å². The van der Waals surface area contributed by atoms with E-state index < -0.39 is 0 Å². The molecule has 94 valence electrons. The van der Waals surface area contributed by atoms with Crippen molar-refractivity contribution in [2.45, 2.75) is 19.4 Å². The van der Waals surface area contributed by atoms with Gasteiger partial charge in [-0.1, -0.05) is 22.9 Å². The number of hydrogen-bond acceptors (Lipinski definition) is 3. The second kappa shape index (κ2) is 5.74. The SMILES string of the molecule is CCNC1CCN(c2cc(Br)cc(OC)c2)C1. The molecular formula is C13H19BrN2O. The predicted molar refractivity (Wildman–Crippen MR) is 75.0 cm³/mol. The zero-order chi connectivity index (χ0) is 12.3. The molecule has 1 aliphatic heterocycles. The van der Waals surface area contributed by atoms with Crippen molar-refractivity contribution in [1.82, 2.24) is 5.32 Å². The van der Waals surface area contributed by atoms with Crippen LogP contribution in [-0.4, -0.2) is 32.8 Å². The highest BCUT2D eigenvalue weighted by atomic mass is 79.9. The maximum atomic E-state index is 5.30. The Morgan fingerprint density at radius 2 is 2.29 bits per heavy atom. The highest BCUT2D eigenvalue weighted by Gasteiger charge is 2.22. The Labute approximate surface area is 111 Å². The largest absolute Gasteiger partial charge is 0.497 e. The van der Waals surface area contributed by atoms with Gasteiger partial charge in [0.15, 0.2) is 0 Å². The van der Waals surface area contributed by atoms with E-state index in [1.165, 1.54) is 12.1 Å². The highest BCUT2D eigenvalue weighted by Crippen LogP contribution is 2.29. The molecule has 0 aromatic heterocycles. The second-order valence-corrected chi connectivity index (χ2v) is 5.25. The first-order valence-electron chi connectivity index (χ1n) is 6.06. The second-order valence-electron chi connectivity index (χ2n) is 4.34. The van der Waals surface area contributed by atoms with Crippen molar-refractivity contribution in [1.29, 1.82) is 0 Å². The van der Waals surface area contributed by atoms with Crippen LogP contribution in [0.5, 0.6) is 5.75 Å². The van der Waals surface area contributed by atoms with Gasteiger partial charge in [0.05, 0.1) is 7.11 Å². The van der Waals surface area contributed by atoms with Gasteiger partial charge in [0.1, 0.15) is 5.75 Å². The molecule has 17 heavy (non-hydrogen) atoms. The monoisotopic (exact) mass is 298 g/mol. The molecule has 1 saturated heterocycles. The number of halogens is 1. The molecule has 1 atom stereocenters. The molecule has 1 aromatic rings. The number of benzene rings is 1. The first-order valence-corrected chi connectivity index (χ1v) is 6.85. The fourth-order valence-corrected chi connectivity index (χ4v) is 2.76. The number of nitrogens with zero attached hydrogens (tertiary/aromatic N) is 1. The summed E-state index contributed by atoms with van der Waals surface area (Å²) < 4.78 is 6.37. The number of methoxy groups -OCH3 is 1. The van der Waals surface area contributed by atoms with Gasteiger partial charge in [-0.2, -0.15) is 0 Å². The maximum Gasteiger partial charge on any atom is 0.122 e. The van der Waals surface area contributed by atoms with Gasteiger partial charge in [0.25, 0.3) is 0 Å². The number of likely N-dealkylation sites (N-methyl/N-ethyl adjacent to an activating group) is 1. The molecule has 3 nitrogen and oxygen atoms in total. The molecule has 1 aliphatic rings. The molecule has 0 bridgehead atoms. The Balaban J connectivity index is 2.10. The summed E-state index contributed by atoms with van der Waals surface area (Å²) in [7, 11) is 1.71. The fourth-order valence-electron chi connectivity index (χ4n) is 2.30. The van der Waals surface area contributed by atoms with Crippen LogP contribution < -0.4 is 15.0 Å². The van der Waals surface area contributed by atoms with Crippen molar-refractivity contribution < 1.29 is 4.74 Å². The zero-order valence-electron chi connectivity index (χ0n) is 10.4. The molecule has 1 heterocycles. The molecular weight excluding hydrogens is 280 g/mol. The van der Waals surface area contributed by atoms with Crippen molar-refractivity contribution in [3.63, 3.8) is 0 Å². The number of ether oxygens (including phenoxy) is 1. The number of nitrogens with one attached hydrogen (secondary N) is 1. The van der Waals surface area contributed by atoms with E-state index in [9.17, 15) is 0 Å². The van der Waals surface area contributed by atoms with Gasteiger partial charge in [-0.25, -0.2) is 0 Å². The number of anilines is 1. The molecule has 0 spiro atoms. The Morgan fingerprint density at radius 3 is 3.00 bits per heavy atom. The van der Waals surface area contributed by atoms with Crippen molar-refractivity contribution in [3.8, 4) is 5.75 Å². The molecule has 2 rings (SSSR count). The Bertz CT molecular complexity index is 384. The van der Waals surface area contributed by atoms with Crippen LogP contribution in [0.15, 0.2) is 22.7 Å². The first-order chi connectivity index (χ1) is 8.22. The van der Waals surface area contributed by atoms with Gasteiger partial charge in [-0.3, -0.25) is 0 Å². The molecule has 1 fully saturated rings. The predicted octanol–water partition coefficient (Wildman–Crippen LogP) is 2.65. The number of rotatable bonds is 4. The van der Waals surface area contributed by atoms with Crippen LogP contribution in [0.1, 0.15) is 13.3 Å². The summed E-state index contributed by atoms with van der Waals surface area (Å²) in [6, 6.07) is 6.85. The summed E-state index contributed by atoms with van der Waals surface area (Å²) in [5.41, 5.74) is 1.23. The van der Waals surface area contributed by atoms with Crippen LogP contribution in [0.4, 0.5) is 5.69 Å². The van der Waals surface area contributed by atoms with E-state index in [2.05, 4.69) is 45.2 Å². The lowest BCUT2D eigenvalue weighted by Crippen LogP contribution is -2.32. The summed E-state index contributed by atoms with van der Waals surface area (Å²) in [5, 5.41) is 3.50. The first kappa shape index (κ1) is 12.7. The summed E-state index contributed by atoms with van der Waals surface area (Å²) in [6.07, 6.45) is 1.21. The fraction of sp³-hybridized carbons (Fsp3) is 0.538. The normalized spacial score (nSPS) is 19.7. The molecule has 0 saturated carbocycles. The van der Waals surface area contributed by atoms with Gasteiger partial charge in [0.2, 0.25) is 0 Å². The van der Waals surface area contributed by atoms with Gasteiger partial charge < -0.3 is 15.0 Å². The lowest BCUT2D eigenvalue weighted by Gasteiger charge is -2.20. The molecule has 4 heteroatoms. The summed E-state index contributed by atoms with van der Waals surface area (Å²) in [6.45, 7) is 5.38. The quantitative estimate of drug-likeness (QED) is 0.925. The van der Waals surface area contributed by atoms with E-state index >= 15 is 0 Å². The average molecular weight is 299 g/mol. The third kappa shape index (κ3) is 3.13. The minimum atomic E-state index is 0.616. The van der Waals surface area contributed by atoms with E-state index in [1.807, 2.05) is 6.07 Å². The standard InChI is InChI=1S/C13H19BrN2O/c1-3-15-11-4-5-16(9-11)12-6-10(14)7-13(8-12)17-2/h6-8,11,15H,3-5,9H2,1-2H3. The summed E-state index contributed by atoms with van der Waals surface area (Å²) in [5.74, 6) is 0.904. The van der Waals surface area contributed by atoms with Crippen molar-refractivity contribution in [2.24, 2.45) is 0 Å². The van der Waals surface area contributed by atoms with E-state index in [0.717, 1.165) is 29.9 Å². The molecule has 1 aromatic carbocycles. The van der Waals surface area contributed by atoms with Gasteiger partial charge in [-0.05, 0) is 25.1 Å². The van der Waals surface area contributed by atoms with Crippen molar-refractivity contribution in [3.05, 3.63) is 22.7 Å². The lowest BCUT2D eigenvalue weighted by molar-refractivity contribution is 0.414.